The lowest BCUT2D eigenvalue weighted by atomic mass is 9.71. The van der Waals surface area contributed by atoms with Crippen molar-refractivity contribution in [1.29, 1.82) is 0 Å². The lowest BCUT2D eigenvalue weighted by Gasteiger charge is -2.38. The average Bonchev–Trinajstić information content (AvgIpc) is 2.65. The van der Waals surface area contributed by atoms with Gasteiger partial charge in [-0.25, -0.2) is 4.79 Å². The largest absolute Gasteiger partial charge is 0.478 e. The van der Waals surface area contributed by atoms with Gasteiger partial charge < -0.3 is 14.3 Å². The molecular formula is C16H24O4. The van der Waals surface area contributed by atoms with E-state index in [0.717, 1.165) is 12.8 Å². The van der Waals surface area contributed by atoms with Crippen LogP contribution in [-0.2, 0) is 11.3 Å². The van der Waals surface area contributed by atoms with E-state index in [0.29, 0.717) is 29.5 Å². The smallest absolute Gasteiger partial charge is 0.339 e. The Hall–Kier alpha value is -1.29. The normalized spacial score (nSPS) is 25.6. The molecule has 1 aromatic rings. The molecule has 1 saturated carbocycles. The van der Waals surface area contributed by atoms with Gasteiger partial charge in [-0.05, 0) is 43.6 Å². The Morgan fingerprint density at radius 1 is 1.50 bits per heavy atom. The van der Waals surface area contributed by atoms with Crippen LogP contribution >= 0.6 is 0 Å². The standard InChI is InChI=1S/C16H24O4/c1-10-5-12(8-16(3,4)7-10)19-9-13-6-14(15(17)18)11(2)20-13/h6,10,12H,5,7-9H2,1-4H3,(H,17,18). The van der Waals surface area contributed by atoms with Gasteiger partial charge in [-0.1, -0.05) is 20.8 Å². The van der Waals surface area contributed by atoms with Crippen molar-refractivity contribution >= 4 is 5.97 Å². The maximum atomic E-state index is 11.0. The van der Waals surface area contributed by atoms with Gasteiger partial charge >= 0.3 is 5.97 Å². The number of ether oxygens (including phenoxy) is 1. The zero-order valence-corrected chi connectivity index (χ0v) is 12.7. The summed E-state index contributed by atoms with van der Waals surface area (Å²) in [7, 11) is 0. The first-order valence-corrected chi connectivity index (χ1v) is 7.21. The molecule has 0 aliphatic heterocycles. The Morgan fingerprint density at radius 2 is 2.20 bits per heavy atom. The first-order chi connectivity index (χ1) is 9.27. The second-order valence-corrected chi connectivity index (χ2v) is 6.83. The lowest BCUT2D eigenvalue weighted by Crippen LogP contribution is -2.32. The molecule has 0 radical (unpaired) electrons. The molecule has 0 amide bonds. The van der Waals surface area contributed by atoms with E-state index < -0.39 is 5.97 Å². The van der Waals surface area contributed by atoms with Crippen LogP contribution in [0.5, 0.6) is 0 Å². The molecule has 1 heterocycles. The maximum absolute atomic E-state index is 11.0. The summed E-state index contributed by atoms with van der Waals surface area (Å²) < 4.78 is 11.4. The minimum atomic E-state index is -0.954. The number of carbonyl (C=O) groups is 1. The van der Waals surface area contributed by atoms with Crippen molar-refractivity contribution in [2.75, 3.05) is 0 Å². The molecule has 1 N–H and O–H groups in total. The van der Waals surface area contributed by atoms with Crippen molar-refractivity contribution in [1.82, 2.24) is 0 Å². The van der Waals surface area contributed by atoms with E-state index in [4.69, 9.17) is 14.3 Å². The van der Waals surface area contributed by atoms with E-state index in [-0.39, 0.29) is 11.7 Å². The second kappa shape index (κ2) is 5.60. The molecule has 0 aromatic carbocycles. The molecule has 112 valence electrons. The van der Waals surface area contributed by atoms with Crippen LogP contribution in [0.3, 0.4) is 0 Å². The van der Waals surface area contributed by atoms with Gasteiger partial charge in [-0.2, -0.15) is 0 Å². The Labute approximate surface area is 120 Å². The molecule has 2 unspecified atom stereocenters. The van der Waals surface area contributed by atoms with Crippen LogP contribution in [0.4, 0.5) is 0 Å². The summed E-state index contributed by atoms with van der Waals surface area (Å²) in [6.07, 6.45) is 3.57. The molecule has 1 aliphatic rings. The summed E-state index contributed by atoms with van der Waals surface area (Å²) in [4.78, 5) is 11.0. The number of hydrogen-bond donors (Lipinski definition) is 1. The fraction of sp³-hybridized carbons (Fsp3) is 0.688. The van der Waals surface area contributed by atoms with Crippen LogP contribution in [0.2, 0.25) is 0 Å². The maximum Gasteiger partial charge on any atom is 0.339 e. The van der Waals surface area contributed by atoms with Gasteiger partial charge in [0.25, 0.3) is 0 Å². The van der Waals surface area contributed by atoms with Gasteiger partial charge in [-0.15, -0.1) is 0 Å². The fourth-order valence-corrected chi connectivity index (χ4v) is 3.41. The monoisotopic (exact) mass is 280 g/mol. The lowest BCUT2D eigenvalue weighted by molar-refractivity contribution is -0.0370. The van der Waals surface area contributed by atoms with E-state index in [1.165, 1.54) is 6.42 Å². The molecule has 4 heteroatoms. The summed E-state index contributed by atoms with van der Waals surface area (Å²) in [6, 6.07) is 1.56. The Bertz CT molecular complexity index is 487. The molecule has 0 saturated heterocycles. The first kappa shape index (κ1) is 15.1. The number of hydrogen-bond acceptors (Lipinski definition) is 3. The Morgan fingerprint density at radius 3 is 2.75 bits per heavy atom. The number of aromatic carboxylic acids is 1. The molecule has 1 aromatic heterocycles. The fourth-order valence-electron chi connectivity index (χ4n) is 3.41. The Kier molecular flexibility index (Phi) is 4.23. The third kappa shape index (κ3) is 3.63. The van der Waals surface area contributed by atoms with Gasteiger partial charge in [0, 0.05) is 0 Å². The predicted molar refractivity (Wildman–Crippen MR) is 75.8 cm³/mol. The van der Waals surface area contributed by atoms with Gasteiger partial charge in [0.1, 0.15) is 23.7 Å². The highest BCUT2D eigenvalue weighted by Gasteiger charge is 2.32. The van der Waals surface area contributed by atoms with E-state index in [2.05, 4.69) is 20.8 Å². The summed E-state index contributed by atoms with van der Waals surface area (Å²) in [6.45, 7) is 8.83. The van der Waals surface area contributed by atoms with Crippen LogP contribution < -0.4 is 0 Å². The molecule has 0 bridgehead atoms. The van der Waals surface area contributed by atoms with Crippen molar-refractivity contribution in [2.45, 2.75) is 59.7 Å². The number of furan rings is 1. The van der Waals surface area contributed by atoms with Gasteiger partial charge in [0.15, 0.2) is 0 Å². The third-order valence-corrected chi connectivity index (χ3v) is 4.01. The third-order valence-electron chi connectivity index (χ3n) is 4.01. The predicted octanol–water partition coefficient (Wildman–Crippen LogP) is 4.02. The van der Waals surface area contributed by atoms with Crippen LogP contribution in [0.1, 0.15) is 61.9 Å². The molecular weight excluding hydrogens is 256 g/mol. The number of rotatable bonds is 4. The summed E-state index contributed by atoms with van der Waals surface area (Å²) >= 11 is 0. The molecule has 2 atom stereocenters. The van der Waals surface area contributed by atoms with E-state index in [1.807, 2.05) is 0 Å². The Balaban J connectivity index is 1.95. The van der Waals surface area contributed by atoms with Crippen molar-refractivity contribution in [3.63, 3.8) is 0 Å². The first-order valence-electron chi connectivity index (χ1n) is 7.21. The number of carboxylic acids is 1. The van der Waals surface area contributed by atoms with Crippen LogP contribution in [0.25, 0.3) is 0 Å². The molecule has 2 rings (SSSR count). The zero-order valence-electron chi connectivity index (χ0n) is 12.7. The number of aryl methyl sites for hydroxylation is 1. The molecule has 1 fully saturated rings. The van der Waals surface area contributed by atoms with Crippen molar-refractivity contribution in [3.05, 3.63) is 23.2 Å². The quantitative estimate of drug-likeness (QED) is 0.905. The van der Waals surface area contributed by atoms with Crippen LogP contribution in [0.15, 0.2) is 10.5 Å². The highest BCUT2D eigenvalue weighted by molar-refractivity contribution is 5.88. The van der Waals surface area contributed by atoms with Crippen molar-refractivity contribution in [3.8, 4) is 0 Å². The minimum absolute atomic E-state index is 0.223. The summed E-state index contributed by atoms with van der Waals surface area (Å²) in [5, 5.41) is 9.00. The summed E-state index contributed by atoms with van der Waals surface area (Å²) in [5.74, 6) is 0.742. The SMILES string of the molecule is Cc1oc(COC2CC(C)CC(C)(C)C2)cc1C(=O)O. The molecule has 4 nitrogen and oxygen atoms in total. The van der Waals surface area contributed by atoms with E-state index in [1.54, 1.807) is 13.0 Å². The van der Waals surface area contributed by atoms with Gasteiger partial charge in [0.05, 0.1) is 6.10 Å². The van der Waals surface area contributed by atoms with Gasteiger partial charge in [0.2, 0.25) is 0 Å². The van der Waals surface area contributed by atoms with E-state index >= 15 is 0 Å². The molecule has 0 spiro atoms. The van der Waals surface area contributed by atoms with Crippen LogP contribution in [-0.4, -0.2) is 17.2 Å². The minimum Gasteiger partial charge on any atom is -0.478 e. The second-order valence-electron chi connectivity index (χ2n) is 6.83. The van der Waals surface area contributed by atoms with E-state index in [9.17, 15) is 4.79 Å². The highest BCUT2D eigenvalue weighted by Crippen LogP contribution is 2.39. The van der Waals surface area contributed by atoms with Crippen molar-refractivity contribution in [2.24, 2.45) is 11.3 Å². The van der Waals surface area contributed by atoms with Gasteiger partial charge in [-0.3, -0.25) is 0 Å². The molecule has 1 aliphatic carbocycles. The van der Waals surface area contributed by atoms with Crippen LogP contribution in [0, 0.1) is 18.3 Å². The summed E-state index contributed by atoms with van der Waals surface area (Å²) in [5.41, 5.74) is 0.536. The topological polar surface area (TPSA) is 59.7 Å². The highest BCUT2D eigenvalue weighted by atomic mass is 16.5. The number of carboxylic acid groups (broad SMARTS) is 1. The zero-order chi connectivity index (χ0) is 14.9. The molecule has 20 heavy (non-hydrogen) atoms. The average molecular weight is 280 g/mol. The van der Waals surface area contributed by atoms with Crippen molar-refractivity contribution < 1.29 is 19.1 Å².